The Bertz CT molecular complexity index is 170. The summed E-state index contributed by atoms with van der Waals surface area (Å²) in [7, 11) is 0. The molecule has 0 aromatic rings. The molecule has 1 rings (SSSR count). The number of piperidine rings is 1. The lowest BCUT2D eigenvalue weighted by Gasteiger charge is -2.31. The molecule has 1 amide bonds. The van der Waals surface area contributed by atoms with Gasteiger partial charge in [0, 0.05) is 13.1 Å². The molecule has 0 aliphatic carbocycles. The van der Waals surface area contributed by atoms with Crippen LogP contribution in [0.15, 0.2) is 0 Å². The molecule has 0 saturated carbocycles. The van der Waals surface area contributed by atoms with Crippen LogP contribution in [0, 0.1) is 5.92 Å². The Morgan fingerprint density at radius 1 is 1.62 bits per heavy atom. The van der Waals surface area contributed by atoms with E-state index in [1.54, 1.807) is 0 Å². The molecule has 0 spiro atoms. The van der Waals surface area contributed by atoms with Crippen LogP contribution in [-0.2, 0) is 4.79 Å². The maximum Gasteiger partial charge on any atom is 0.236 e. The summed E-state index contributed by atoms with van der Waals surface area (Å²) in [6.07, 6.45) is 2.43. The maximum atomic E-state index is 11.6. The third-order valence-corrected chi connectivity index (χ3v) is 2.54. The minimum atomic E-state index is 0.258. The van der Waals surface area contributed by atoms with Gasteiger partial charge in [-0.2, -0.15) is 0 Å². The number of likely N-dealkylation sites (N-methyl/N-ethyl adjacent to an activating group) is 1. The van der Waals surface area contributed by atoms with E-state index >= 15 is 0 Å². The van der Waals surface area contributed by atoms with Gasteiger partial charge in [0.2, 0.25) is 5.91 Å². The van der Waals surface area contributed by atoms with Crippen LogP contribution in [0.1, 0.15) is 26.7 Å². The highest BCUT2D eigenvalue weighted by Crippen LogP contribution is 2.14. The van der Waals surface area contributed by atoms with E-state index in [-0.39, 0.29) is 5.91 Å². The molecule has 3 heteroatoms. The summed E-state index contributed by atoms with van der Waals surface area (Å²) in [4.78, 5) is 13.5. The third-order valence-electron chi connectivity index (χ3n) is 2.54. The lowest BCUT2D eigenvalue weighted by molar-refractivity contribution is -0.131. The van der Waals surface area contributed by atoms with Crippen LogP contribution < -0.4 is 5.32 Å². The van der Waals surface area contributed by atoms with E-state index in [1.807, 2.05) is 11.8 Å². The molecule has 3 nitrogen and oxygen atoms in total. The predicted molar refractivity (Wildman–Crippen MR) is 53.5 cm³/mol. The number of amides is 1. The molecule has 0 aromatic carbocycles. The Morgan fingerprint density at radius 3 is 3.00 bits per heavy atom. The van der Waals surface area contributed by atoms with Crippen LogP contribution >= 0.6 is 0 Å². The highest BCUT2D eigenvalue weighted by Gasteiger charge is 2.19. The smallest absolute Gasteiger partial charge is 0.236 e. The average molecular weight is 184 g/mol. The van der Waals surface area contributed by atoms with E-state index in [4.69, 9.17) is 0 Å². The zero-order valence-electron chi connectivity index (χ0n) is 8.68. The van der Waals surface area contributed by atoms with Crippen LogP contribution in [0.4, 0.5) is 0 Å². The van der Waals surface area contributed by atoms with Gasteiger partial charge in [0.1, 0.15) is 0 Å². The molecule has 0 radical (unpaired) electrons. The molecule has 1 unspecified atom stereocenters. The first-order chi connectivity index (χ1) is 6.24. The van der Waals surface area contributed by atoms with Gasteiger partial charge in [-0.05, 0) is 25.3 Å². The summed E-state index contributed by atoms with van der Waals surface area (Å²) in [6, 6.07) is 0. The van der Waals surface area contributed by atoms with E-state index in [0.29, 0.717) is 12.5 Å². The number of carbonyl (C=O) groups excluding carboxylic acids is 1. The van der Waals surface area contributed by atoms with Gasteiger partial charge >= 0.3 is 0 Å². The fourth-order valence-corrected chi connectivity index (χ4v) is 1.76. The van der Waals surface area contributed by atoms with E-state index in [9.17, 15) is 4.79 Å². The third kappa shape index (κ3) is 3.35. The Hall–Kier alpha value is -0.570. The van der Waals surface area contributed by atoms with Gasteiger partial charge in [-0.25, -0.2) is 0 Å². The van der Waals surface area contributed by atoms with Crippen LogP contribution in [-0.4, -0.2) is 37.0 Å². The Labute approximate surface area is 80.5 Å². The molecule has 1 fully saturated rings. The fraction of sp³-hybridized carbons (Fsp3) is 0.900. The molecule has 76 valence electrons. The molecule has 1 saturated heterocycles. The number of carbonyl (C=O) groups is 1. The highest BCUT2D eigenvalue weighted by molar-refractivity contribution is 5.78. The number of nitrogens with one attached hydrogen (secondary N) is 1. The second kappa shape index (κ2) is 5.22. The lowest BCUT2D eigenvalue weighted by Crippen LogP contribution is -2.43. The van der Waals surface area contributed by atoms with E-state index in [1.165, 1.54) is 12.8 Å². The molecule has 13 heavy (non-hydrogen) atoms. The van der Waals surface area contributed by atoms with Crippen molar-refractivity contribution in [1.82, 2.24) is 10.2 Å². The summed E-state index contributed by atoms with van der Waals surface area (Å²) >= 11 is 0. The molecule has 1 N–H and O–H groups in total. The minimum absolute atomic E-state index is 0.258. The number of hydrogen-bond donors (Lipinski definition) is 1. The van der Waals surface area contributed by atoms with Crippen LogP contribution in [0.5, 0.6) is 0 Å². The van der Waals surface area contributed by atoms with Crippen molar-refractivity contribution in [3.05, 3.63) is 0 Å². The molecule has 1 atom stereocenters. The van der Waals surface area contributed by atoms with Gasteiger partial charge < -0.3 is 10.2 Å². The highest BCUT2D eigenvalue weighted by atomic mass is 16.2. The Morgan fingerprint density at radius 2 is 2.38 bits per heavy atom. The molecular weight excluding hydrogens is 164 g/mol. The van der Waals surface area contributed by atoms with Crippen LogP contribution in [0.3, 0.4) is 0 Å². The maximum absolute atomic E-state index is 11.6. The molecule has 0 bridgehead atoms. The SMILES string of the molecule is CCNCC(=O)N1CCCC(C)C1. The van der Waals surface area contributed by atoms with E-state index < -0.39 is 0 Å². The second-order valence-electron chi connectivity index (χ2n) is 3.87. The first kappa shape index (κ1) is 10.5. The first-order valence-electron chi connectivity index (χ1n) is 5.22. The van der Waals surface area contributed by atoms with Crippen LogP contribution in [0.25, 0.3) is 0 Å². The van der Waals surface area contributed by atoms with Gasteiger partial charge in [0.05, 0.1) is 6.54 Å². The molecule has 0 aromatic heterocycles. The summed E-state index contributed by atoms with van der Waals surface area (Å²) in [5, 5.41) is 3.07. The first-order valence-corrected chi connectivity index (χ1v) is 5.22. The summed E-state index contributed by atoms with van der Waals surface area (Å²) in [5.74, 6) is 0.938. The summed E-state index contributed by atoms with van der Waals surface area (Å²) in [6.45, 7) is 7.51. The van der Waals surface area contributed by atoms with Crippen molar-refractivity contribution in [2.75, 3.05) is 26.2 Å². The topological polar surface area (TPSA) is 32.3 Å². The monoisotopic (exact) mass is 184 g/mol. The molecule has 1 aliphatic heterocycles. The number of rotatable bonds is 3. The Balaban J connectivity index is 2.28. The molecule has 1 heterocycles. The largest absolute Gasteiger partial charge is 0.341 e. The van der Waals surface area contributed by atoms with Crippen molar-refractivity contribution in [2.45, 2.75) is 26.7 Å². The summed E-state index contributed by atoms with van der Waals surface area (Å²) in [5.41, 5.74) is 0. The minimum Gasteiger partial charge on any atom is -0.341 e. The average Bonchev–Trinajstić information content (AvgIpc) is 2.14. The van der Waals surface area contributed by atoms with Crippen molar-refractivity contribution in [3.8, 4) is 0 Å². The Kier molecular flexibility index (Phi) is 4.22. The zero-order chi connectivity index (χ0) is 9.68. The van der Waals surface area contributed by atoms with E-state index in [2.05, 4.69) is 12.2 Å². The quantitative estimate of drug-likeness (QED) is 0.705. The van der Waals surface area contributed by atoms with Gasteiger partial charge in [0.15, 0.2) is 0 Å². The normalized spacial score (nSPS) is 23.2. The lowest BCUT2D eigenvalue weighted by atomic mass is 10.0. The van der Waals surface area contributed by atoms with Gasteiger partial charge in [-0.15, -0.1) is 0 Å². The van der Waals surface area contributed by atoms with Crippen LogP contribution in [0.2, 0.25) is 0 Å². The number of nitrogens with zero attached hydrogens (tertiary/aromatic N) is 1. The van der Waals surface area contributed by atoms with Gasteiger partial charge in [-0.1, -0.05) is 13.8 Å². The van der Waals surface area contributed by atoms with Crippen molar-refractivity contribution < 1.29 is 4.79 Å². The summed E-state index contributed by atoms with van der Waals surface area (Å²) < 4.78 is 0. The molecule has 1 aliphatic rings. The van der Waals surface area contributed by atoms with Crippen molar-refractivity contribution in [2.24, 2.45) is 5.92 Å². The van der Waals surface area contributed by atoms with Crippen molar-refractivity contribution in [1.29, 1.82) is 0 Å². The van der Waals surface area contributed by atoms with Gasteiger partial charge in [-0.3, -0.25) is 4.79 Å². The van der Waals surface area contributed by atoms with E-state index in [0.717, 1.165) is 19.6 Å². The van der Waals surface area contributed by atoms with Crippen molar-refractivity contribution in [3.63, 3.8) is 0 Å². The number of hydrogen-bond acceptors (Lipinski definition) is 2. The predicted octanol–water partition coefficient (Wildman–Crippen LogP) is 0.854. The zero-order valence-corrected chi connectivity index (χ0v) is 8.68. The standard InChI is InChI=1S/C10H20N2O/c1-3-11-7-10(13)12-6-4-5-9(2)8-12/h9,11H,3-8H2,1-2H3. The molecular formula is C10H20N2O. The second-order valence-corrected chi connectivity index (χ2v) is 3.87. The fourth-order valence-electron chi connectivity index (χ4n) is 1.76. The van der Waals surface area contributed by atoms with Gasteiger partial charge in [0.25, 0.3) is 0 Å². The van der Waals surface area contributed by atoms with Crippen molar-refractivity contribution >= 4 is 5.91 Å². The number of likely N-dealkylation sites (tertiary alicyclic amines) is 1.